The summed E-state index contributed by atoms with van der Waals surface area (Å²) in [6.45, 7) is 3.79. The lowest BCUT2D eigenvalue weighted by Crippen LogP contribution is -1.90. The van der Waals surface area contributed by atoms with E-state index in [1.165, 1.54) is 0 Å². The third kappa shape index (κ3) is 3.03. The van der Waals surface area contributed by atoms with E-state index in [1.54, 1.807) is 0 Å². The maximum atomic E-state index is 10.2. The molecule has 1 rings (SSSR count). The van der Waals surface area contributed by atoms with Crippen molar-refractivity contribution in [3.05, 3.63) is 47.0 Å². The molecule has 0 bridgehead atoms. The van der Waals surface area contributed by atoms with E-state index >= 15 is 0 Å². The zero-order valence-electron chi connectivity index (χ0n) is 7.29. The largest absolute Gasteiger partial charge is 0.303 e. The normalized spacial score (nSPS) is 9.62. The summed E-state index contributed by atoms with van der Waals surface area (Å²) in [5.74, 6) is 0. The second-order valence-corrected chi connectivity index (χ2v) is 3.30. The maximum absolute atomic E-state index is 10.2. The number of allylic oxidation sites excluding steroid dienone is 1. The average Bonchev–Trinajstić information content (AvgIpc) is 2.09. The quantitative estimate of drug-likeness (QED) is 0.532. The second-order valence-electron chi connectivity index (χ2n) is 2.89. The summed E-state index contributed by atoms with van der Waals surface area (Å²) in [5, 5.41) is 0.731. The van der Waals surface area contributed by atoms with Crippen molar-refractivity contribution in [3.63, 3.8) is 0 Å². The Balaban J connectivity index is 2.68. The zero-order chi connectivity index (χ0) is 9.68. The molecule has 0 aromatic heterocycles. The molecule has 0 radical (unpaired) electrons. The van der Waals surface area contributed by atoms with E-state index in [0.717, 1.165) is 22.4 Å². The van der Waals surface area contributed by atoms with Crippen LogP contribution in [0.5, 0.6) is 0 Å². The Morgan fingerprint density at radius 2 is 2.15 bits per heavy atom. The van der Waals surface area contributed by atoms with Gasteiger partial charge in [-0.15, -0.1) is 0 Å². The minimum absolute atomic E-state index is 0.408. The van der Waals surface area contributed by atoms with Crippen LogP contribution in [0.1, 0.15) is 12.0 Å². The highest BCUT2D eigenvalue weighted by Crippen LogP contribution is 2.18. The molecule has 0 unspecified atom stereocenters. The summed E-state index contributed by atoms with van der Waals surface area (Å²) in [6.07, 6.45) is 1.95. The summed E-state index contributed by atoms with van der Waals surface area (Å²) in [5.41, 5.74) is 1.92. The first kappa shape index (κ1) is 10.0. The van der Waals surface area contributed by atoms with Gasteiger partial charge in [0, 0.05) is 11.4 Å². The maximum Gasteiger partial charge on any atom is 0.124 e. The van der Waals surface area contributed by atoms with E-state index < -0.39 is 0 Å². The fourth-order valence-electron chi connectivity index (χ4n) is 1.10. The van der Waals surface area contributed by atoms with Crippen molar-refractivity contribution in [2.45, 2.75) is 12.8 Å². The Kier molecular flexibility index (Phi) is 3.71. The van der Waals surface area contributed by atoms with Crippen molar-refractivity contribution in [1.29, 1.82) is 0 Å². The summed E-state index contributed by atoms with van der Waals surface area (Å²) in [4.78, 5) is 10.2. The predicted molar refractivity (Wildman–Crippen MR) is 55.0 cm³/mol. The molecule has 0 amide bonds. The SMILES string of the molecule is C=C(CC=O)Cc1ccccc1Cl. The Morgan fingerprint density at radius 3 is 2.77 bits per heavy atom. The average molecular weight is 195 g/mol. The Labute approximate surface area is 83.0 Å². The Bertz CT molecular complexity index is 318. The molecule has 0 saturated carbocycles. The van der Waals surface area contributed by atoms with Gasteiger partial charge in [-0.3, -0.25) is 0 Å². The van der Waals surface area contributed by atoms with Crippen LogP contribution < -0.4 is 0 Å². The van der Waals surface area contributed by atoms with Crippen LogP contribution in [-0.2, 0) is 11.2 Å². The number of carbonyl (C=O) groups excluding carboxylic acids is 1. The van der Waals surface area contributed by atoms with Gasteiger partial charge in [0.15, 0.2) is 0 Å². The molecular weight excluding hydrogens is 184 g/mol. The number of rotatable bonds is 4. The van der Waals surface area contributed by atoms with Crippen molar-refractivity contribution < 1.29 is 4.79 Å². The van der Waals surface area contributed by atoms with Crippen LogP contribution >= 0.6 is 11.6 Å². The highest BCUT2D eigenvalue weighted by Gasteiger charge is 2.00. The molecule has 0 aliphatic rings. The molecule has 1 nitrogen and oxygen atoms in total. The number of carbonyl (C=O) groups is 1. The van der Waals surface area contributed by atoms with Gasteiger partial charge in [0.05, 0.1) is 0 Å². The van der Waals surface area contributed by atoms with Gasteiger partial charge < -0.3 is 4.79 Å². The molecule has 0 aliphatic carbocycles. The Hall–Kier alpha value is -1.08. The standard InChI is InChI=1S/C11H11ClO/c1-9(6-7-13)8-10-4-2-3-5-11(10)12/h2-5,7H,1,6,8H2. The lowest BCUT2D eigenvalue weighted by Gasteiger charge is -2.03. The first-order valence-corrected chi connectivity index (χ1v) is 4.45. The first-order chi connectivity index (χ1) is 6.24. The lowest BCUT2D eigenvalue weighted by atomic mass is 10.0. The predicted octanol–water partition coefficient (Wildman–Crippen LogP) is 3.03. The number of hydrogen-bond donors (Lipinski definition) is 0. The molecule has 0 atom stereocenters. The van der Waals surface area contributed by atoms with Gasteiger partial charge in [0.25, 0.3) is 0 Å². The van der Waals surface area contributed by atoms with E-state index in [-0.39, 0.29) is 0 Å². The van der Waals surface area contributed by atoms with Gasteiger partial charge in [-0.1, -0.05) is 42.0 Å². The van der Waals surface area contributed by atoms with Crippen LogP contribution in [0.4, 0.5) is 0 Å². The van der Waals surface area contributed by atoms with Gasteiger partial charge in [0.1, 0.15) is 6.29 Å². The topological polar surface area (TPSA) is 17.1 Å². The van der Waals surface area contributed by atoms with Crippen LogP contribution in [0.15, 0.2) is 36.4 Å². The van der Waals surface area contributed by atoms with E-state index in [0.29, 0.717) is 12.8 Å². The molecule has 68 valence electrons. The molecule has 0 heterocycles. The Morgan fingerprint density at radius 1 is 1.46 bits per heavy atom. The third-order valence-electron chi connectivity index (χ3n) is 1.77. The first-order valence-electron chi connectivity index (χ1n) is 4.07. The fourth-order valence-corrected chi connectivity index (χ4v) is 1.30. The van der Waals surface area contributed by atoms with E-state index in [1.807, 2.05) is 24.3 Å². The van der Waals surface area contributed by atoms with Crippen LogP contribution in [0.2, 0.25) is 5.02 Å². The number of hydrogen-bond acceptors (Lipinski definition) is 1. The van der Waals surface area contributed by atoms with Crippen LogP contribution in [-0.4, -0.2) is 6.29 Å². The van der Waals surface area contributed by atoms with E-state index in [2.05, 4.69) is 6.58 Å². The summed E-state index contributed by atoms with van der Waals surface area (Å²) in [7, 11) is 0. The molecule has 0 N–H and O–H groups in total. The molecule has 1 aromatic rings. The number of benzene rings is 1. The van der Waals surface area contributed by atoms with Gasteiger partial charge in [-0.2, -0.15) is 0 Å². The van der Waals surface area contributed by atoms with E-state index in [4.69, 9.17) is 11.6 Å². The fraction of sp³-hybridized carbons (Fsp3) is 0.182. The second kappa shape index (κ2) is 4.83. The monoisotopic (exact) mass is 194 g/mol. The third-order valence-corrected chi connectivity index (χ3v) is 2.14. The van der Waals surface area contributed by atoms with Crippen molar-refractivity contribution in [3.8, 4) is 0 Å². The van der Waals surface area contributed by atoms with Crippen molar-refractivity contribution in [1.82, 2.24) is 0 Å². The van der Waals surface area contributed by atoms with Gasteiger partial charge in [0.2, 0.25) is 0 Å². The molecule has 0 spiro atoms. The molecular formula is C11H11ClO. The van der Waals surface area contributed by atoms with Crippen molar-refractivity contribution >= 4 is 17.9 Å². The van der Waals surface area contributed by atoms with Crippen LogP contribution in [0.25, 0.3) is 0 Å². The highest BCUT2D eigenvalue weighted by atomic mass is 35.5. The molecule has 1 aromatic carbocycles. The van der Waals surface area contributed by atoms with Crippen LogP contribution in [0.3, 0.4) is 0 Å². The number of halogens is 1. The van der Waals surface area contributed by atoms with Crippen LogP contribution in [0, 0.1) is 0 Å². The smallest absolute Gasteiger partial charge is 0.124 e. The van der Waals surface area contributed by atoms with Gasteiger partial charge >= 0.3 is 0 Å². The van der Waals surface area contributed by atoms with Crippen molar-refractivity contribution in [2.24, 2.45) is 0 Å². The molecule has 2 heteroatoms. The molecule has 0 saturated heterocycles. The molecule has 13 heavy (non-hydrogen) atoms. The number of aldehydes is 1. The van der Waals surface area contributed by atoms with Gasteiger partial charge in [-0.25, -0.2) is 0 Å². The zero-order valence-corrected chi connectivity index (χ0v) is 8.05. The van der Waals surface area contributed by atoms with E-state index in [9.17, 15) is 4.79 Å². The minimum atomic E-state index is 0.408. The summed E-state index contributed by atoms with van der Waals surface area (Å²) >= 11 is 5.94. The lowest BCUT2D eigenvalue weighted by molar-refractivity contribution is -0.107. The van der Waals surface area contributed by atoms with Crippen molar-refractivity contribution in [2.75, 3.05) is 0 Å². The molecule has 0 aliphatic heterocycles. The highest BCUT2D eigenvalue weighted by molar-refractivity contribution is 6.31. The van der Waals surface area contributed by atoms with Gasteiger partial charge in [-0.05, 0) is 18.1 Å². The summed E-state index contributed by atoms with van der Waals surface area (Å²) < 4.78 is 0. The summed E-state index contributed by atoms with van der Waals surface area (Å²) in [6, 6.07) is 7.59. The minimum Gasteiger partial charge on any atom is -0.303 e. The molecule has 0 fully saturated rings.